The van der Waals surface area contributed by atoms with E-state index in [4.69, 9.17) is 9.47 Å². The molecule has 0 saturated heterocycles. The molecule has 0 aromatic heterocycles. The van der Waals surface area contributed by atoms with Crippen molar-refractivity contribution in [2.75, 3.05) is 38.3 Å². The molecular weight excluding hydrogens is 643 g/mol. The van der Waals surface area contributed by atoms with Crippen LogP contribution in [0.2, 0.25) is 0 Å². The number of thioether (sulfide) groups is 1. The maximum atomic E-state index is 12.0. The Morgan fingerprint density at radius 2 is 1.04 bits per heavy atom. The van der Waals surface area contributed by atoms with Gasteiger partial charge < -0.3 is 14.4 Å². The number of allylic oxidation sites excluding steroid dienone is 2. The third-order valence-corrected chi connectivity index (χ3v) is 12.7. The Morgan fingerprint density at radius 3 is 1.51 bits per heavy atom. The zero-order chi connectivity index (χ0) is 34.5. The Morgan fingerprint density at radius 1 is 0.596 bits per heavy atom. The first-order valence-electron chi connectivity index (χ1n) is 19.1. The fraction of sp³-hybridized carbons (Fsp3) is 0.846. The highest BCUT2D eigenvalue weighted by Gasteiger charge is 2.11. The molecule has 0 N–H and O–H groups in total. The molecule has 0 amide bonds. The Bertz CT molecular complexity index is 696. The van der Waals surface area contributed by atoms with Gasteiger partial charge in [-0.25, -0.2) is 0 Å². The van der Waals surface area contributed by atoms with Crippen LogP contribution in [0.15, 0.2) is 24.3 Å². The molecule has 0 bridgehead atoms. The van der Waals surface area contributed by atoms with E-state index in [0.29, 0.717) is 31.3 Å². The minimum Gasteiger partial charge on any atom is -0.461 e. The molecule has 0 atom stereocenters. The van der Waals surface area contributed by atoms with Crippen molar-refractivity contribution in [1.82, 2.24) is 4.90 Å². The molecule has 0 aliphatic rings. The maximum Gasteiger partial charge on any atom is 0.306 e. The number of carbonyl (C=O) groups excluding carboxylic acids is 2. The van der Waals surface area contributed by atoms with Crippen molar-refractivity contribution in [2.24, 2.45) is 0 Å². The lowest BCUT2D eigenvalue weighted by atomic mass is 10.0. The lowest BCUT2D eigenvalue weighted by Gasteiger charge is -2.16. The summed E-state index contributed by atoms with van der Waals surface area (Å²) in [5.74, 6) is 0.958. The number of hydrogen-bond acceptors (Lipinski definition) is 8. The van der Waals surface area contributed by atoms with Crippen LogP contribution in [-0.4, -0.2) is 60.4 Å². The second-order valence-electron chi connectivity index (χ2n) is 13.0. The molecule has 0 saturated carbocycles. The average Bonchev–Trinajstić information content (AvgIpc) is 3.05. The average molecular weight is 716 g/mol. The molecule has 0 fully saturated rings. The number of hydrogen-bond donors (Lipinski definition) is 0. The third-order valence-electron chi connectivity index (χ3n) is 7.96. The van der Waals surface area contributed by atoms with Crippen LogP contribution in [0.25, 0.3) is 0 Å². The monoisotopic (exact) mass is 715 g/mol. The minimum atomic E-state index is -0.0579. The molecule has 0 radical (unpaired) electrons. The molecule has 0 aromatic carbocycles. The minimum absolute atomic E-state index is 0.0579. The summed E-state index contributed by atoms with van der Waals surface area (Å²) in [6, 6.07) is 0. The van der Waals surface area contributed by atoms with Gasteiger partial charge in [-0.1, -0.05) is 150 Å². The smallest absolute Gasteiger partial charge is 0.306 e. The van der Waals surface area contributed by atoms with Crippen LogP contribution in [0.4, 0.5) is 0 Å². The van der Waals surface area contributed by atoms with Gasteiger partial charge in [0.1, 0.15) is 13.2 Å². The summed E-state index contributed by atoms with van der Waals surface area (Å²) in [5.41, 5.74) is 0. The topological polar surface area (TPSA) is 55.8 Å². The lowest BCUT2D eigenvalue weighted by molar-refractivity contribution is -0.143. The van der Waals surface area contributed by atoms with Gasteiger partial charge in [-0.05, 0) is 65.5 Å². The highest BCUT2D eigenvalue weighted by atomic mass is 33.1. The highest BCUT2D eigenvalue weighted by Crippen LogP contribution is 2.35. The summed E-state index contributed by atoms with van der Waals surface area (Å²) >= 11 is 1.99. The van der Waals surface area contributed by atoms with Gasteiger partial charge in [0.05, 0.1) is 5.08 Å². The summed E-state index contributed by atoms with van der Waals surface area (Å²) in [6.07, 6.45) is 35.8. The van der Waals surface area contributed by atoms with Crippen LogP contribution < -0.4 is 0 Å². The summed E-state index contributed by atoms with van der Waals surface area (Å²) < 4.78 is 10.7. The van der Waals surface area contributed by atoms with E-state index in [0.717, 1.165) is 49.5 Å². The molecule has 0 aliphatic carbocycles. The van der Waals surface area contributed by atoms with E-state index < -0.39 is 0 Å². The second-order valence-corrected chi connectivity index (χ2v) is 17.0. The van der Waals surface area contributed by atoms with Gasteiger partial charge in [0, 0.05) is 24.0 Å². The zero-order valence-electron chi connectivity index (χ0n) is 31.0. The van der Waals surface area contributed by atoms with Crippen molar-refractivity contribution >= 4 is 45.3 Å². The van der Waals surface area contributed by atoms with E-state index >= 15 is 0 Å². The summed E-state index contributed by atoms with van der Waals surface area (Å²) in [6.45, 7) is 5.30. The van der Waals surface area contributed by atoms with Gasteiger partial charge in [-0.3, -0.25) is 9.59 Å². The van der Waals surface area contributed by atoms with E-state index in [-0.39, 0.29) is 11.9 Å². The summed E-state index contributed by atoms with van der Waals surface area (Å²) in [5, 5.41) is 1.85. The SMILES string of the molecule is CCCCCC/C=C\COC(=O)CCCCCCCC(CCCCCCCC(=O)OC/C=C\CCCCCC)SSCSCN(C)C. The molecule has 0 spiro atoms. The van der Waals surface area contributed by atoms with Crippen molar-refractivity contribution in [3.63, 3.8) is 0 Å². The fourth-order valence-electron chi connectivity index (χ4n) is 5.14. The summed E-state index contributed by atoms with van der Waals surface area (Å²) in [4.78, 5) is 26.2. The van der Waals surface area contributed by atoms with E-state index in [1.165, 1.54) is 103 Å². The maximum absolute atomic E-state index is 12.0. The normalized spacial score (nSPS) is 11.9. The number of ether oxygens (including phenoxy) is 2. The van der Waals surface area contributed by atoms with Gasteiger partial charge in [0.15, 0.2) is 0 Å². The van der Waals surface area contributed by atoms with Crippen molar-refractivity contribution < 1.29 is 19.1 Å². The number of nitrogens with zero attached hydrogens (tertiary/aromatic N) is 1. The molecule has 0 unspecified atom stereocenters. The molecule has 0 heterocycles. The van der Waals surface area contributed by atoms with E-state index in [1.807, 2.05) is 34.7 Å². The van der Waals surface area contributed by atoms with Crippen LogP contribution in [0.5, 0.6) is 0 Å². The molecule has 47 heavy (non-hydrogen) atoms. The van der Waals surface area contributed by atoms with Crippen LogP contribution in [0.1, 0.15) is 168 Å². The van der Waals surface area contributed by atoms with Crippen molar-refractivity contribution in [3.8, 4) is 0 Å². The molecular formula is C39H73NO4S3. The first-order valence-corrected chi connectivity index (χ1v) is 22.6. The zero-order valence-corrected chi connectivity index (χ0v) is 33.4. The highest BCUT2D eigenvalue weighted by molar-refractivity contribution is 8.78. The fourth-order valence-corrected chi connectivity index (χ4v) is 9.28. The van der Waals surface area contributed by atoms with Crippen LogP contribution in [0, 0.1) is 0 Å². The van der Waals surface area contributed by atoms with E-state index in [9.17, 15) is 9.59 Å². The van der Waals surface area contributed by atoms with Gasteiger partial charge in [-0.2, -0.15) is 0 Å². The Kier molecular flexibility index (Phi) is 37.8. The van der Waals surface area contributed by atoms with E-state index in [2.05, 4.69) is 55.8 Å². The number of carbonyl (C=O) groups is 2. The van der Waals surface area contributed by atoms with Crippen molar-refractivity contribution in [1.29, 1.82) is 0 Å². The third kappa shape index (κ3) is 38.1. The Labute approximate surface area is 303 Å². The Balaban J connectivity index is 3.99. The van der Waals surface area contributed by atoms with Crippen LogP contribution in [0.3, 0.4) is 0 Å². The molecule has 8 heteroatoms. The predicted octanol–water partition coefficient (Wildman–Crippen LogP) is 12.5. The molecule has 0 rings (SSSR count). The van der Waals surface area contributed by atoms with Gasteiger partial charge in [-0.15, -0.1) is 11.8 Å². The first-order chi connectivity index (χ1) is 23.0. The van der Waals surface area contributed by atoms with Gasteiger partial charge >= 0.3 is 11.9 Å². The number of unbranched alkanes of at least 4 members (excludes halogenated alkanes) is 16. The second kappa shape index (κ2) is 38.2. The number of esters is 2. The lowest BCUT2D eigenvalue weighted by Crippen LogP contribution is -2.09. The molecule has 0 aromatic rings. The van der Waals surface area contributed by atoms with E-state index in [1.54, 1.807) is 0 Å². The summed E-state index contributed by atoms with van der Waals surface area (Å²) in [7, 11) is 8.37. The standard InChI is InChI=1S/C39H73NO4S3/c1-5-7-9-11-13-21-27-33-43-38(41)31-25-19-15-17-23-29-37(47-46-36-45-35-40(3)4)30-24-18-16-20-26-32-39(42)44-34-28-22-14-12-10-8-6-2/h21-22,27-28,37H,5-20,23-26,29-36H2,1-4H3/b27-21-,28-22-. The van der Waals surface area contributed by atoms with Gasteiger partial charge in [0.2, 0.25) is 0 Å². The predicted molar refractivity (Wildman–Crippen MR) is 212 cm³/mol. The van der Waals surface area contributed by atoms with Crippen LogP contribution in [-0.2, 0) is 19.1 Å². The molecule has 0 aliphatic heterocycles. The largest absolute Gasteiger partial charge is 0.461 e. The molecule has 5 nitrogen and oxygen atoms in total. The quantitative estimate of drug-likeness (QED) is 0.0209. The van der Waals surface area contributed by atoms with Gasteiger partial charge in [0.25, 0.3) is 0 Å². The van der Waals surface area contributed by atoms with Crippen molar-refractivity contribution in [3.05, 3.63) is 24.3 Å². The number of rotatable bonds is 36. The molecule has 276 valence electrons. The van der Waals surface area contributed by atoms with Crippen molar-refractivity contribution in [2.45, 2.75) is 173 Å². The Hall–Kier alpha value is -0.570. The first kappa shape index (κ1) is 46.4. The van der Waals surface area contributed by atoms with Crippen LogP contribution >= 0.6 is 33.3 Å².